The van der Waals surface area contributed by atoms with Crippen LogP contribution in [-0.2, 0) is 0 Å². The topological polar surface area (TPSA) is 59.8 Å². The molecule has 1 amide bonds. The molecule has 0 bridgehead atoms. The summed E-state index contributed by atoms with van der Waals surface area (Å²) < 4.78 is 1.42. The second-order valence-electron chi connectivity index (χ2n) is 5.19. The molecule has 8 heteroatoms. The number of carbonyl (C=O) groups is 1. The first-order valence-corrected chi connectivity index (χ1v) is 9.29. The van der Waals surface area contributed by atoms with Crippen LogP contribution in [-0.4, -0.2) is 26.9 Å². The summed E-state index contributed by atoms with van der Waals surface area (Å²) in [5, 5.41) is 8.15. The average Bonchev–Trinajstić information content (AvgIpc) is 3.06. The molecular weight excluding hydrogens is 379 g/mol. The Bertz CT molecular complexity index is 942. The first kappa shape index (κ1) is 17.8. The van der Waals surface area contributed by atoms with Gasteiger partial charge in [0.2, 0.25) is 0 Å². The van der Waals surface area contributed by atoms with Crippen molar-refractivity contribution in [3.8, 4) is 5.82 Å². The van der Waals surface area contributed by atoms with Gasteiger partial charge in [-0.3, -0.25) is 4.79 Å². The van der Waals surface area contributed by atoms with Gasteiger partial charge in [0.25, 0.3) is 5.91 Å². The standard InChI is InChI=1S/C17H14Cl2N4OS/c1-10-8-11(18)9-14(25-2)15(10)22-17(24)13-5-7-21-23(13)16-12(19)4-3-6-20-16/h3-9H,1-2H3,(H,22,24). The summed E-state index contributed by atoms with van der Waals surface area (Å²) in [6.45, 7) is 1.90. The molecule has 0 aliphatic rings. The Balaban J connectivity index is 1.97. The van der Waals surface area contributed by atoms with E-state index >= 15 is 0 Å². The van der Waals surface area contributed by atoms with E-state index in [1.807, 2.05) is 25.3 Å². The van der Waals surface area contributed by atoms with Gasteiger partial charge in [-0.1, -0.05) is 23.2 Å². The molecule has 1 N–H and O–H groups in total. The minimum Gasteiger partial charge on any atom is -0.319 e. The van der Waals surface area contributed by atoms with Crippen molar-refractivity contribution in [1.82, 2.24) is 14.8 Å². The van der Waals surface area contributed by atoms with Crippen LogP contribution in [0, 0.1) is 6.92 Å². The number of nitrogens with zero attached hydrogens (tertiary/aromatic N) is 3. The predicted molar refractivity (Wildman–Crippen MR) is 102 cm³/mol. The molecule has 5 nitrogen and oxygen atoms in total. The van der Waals surface area contributed by atoms with Crippen molar-refractivity contribution in [3.05, 3.63) is 64.0 Å². The van der Waals surface area contributed by atoms with Crippen molar-refractivity contribution in [2.24, 2.45) is 0 Å². The number of carbonyl (C=O) groups excluding carboxylic acids is 1. The quantitative estimate of drug-likeness (QED) is 0.644. The number of thioether (sulfide) groups is 1. The van der Waals surface area contributed by atoms with E-state index in [9.17, 15) is 4.79 Å². The van der Waals surface area contributed by atoms with Crippen LogP contribution in [0.15, 0.2) is 47.6 Å². The van der Waals surface area contributed by atoms with Crippen molar-refractivity contribution in [2.75, 3.05) is 11.6 Å². The predicted octanol–water partition coefficient (Wildman–Crippen LogP) is 4.86. The van der Waals surface area contributed by atoms with Crippen LogP contribution in [0.2, 0.25) is 10.0 Å². The number of aryl methyl sites for hydroxylation is 1. The Morgan fingerprint density at radius 3 is 2.76 bits per heavy atom. The number of hydrogen-bond acceptors (Lipinski definition) is 4. The summed E-state index contributed by atoms with van der Waals surface area (Å²) >= 11 is 13.8. The van der Waals surface area contributed by atoms with Gasteiger partial charge < -0.3 is 5.32 Å². The lowest BCUT2D eigenvalue weighted by Crippen LogP contribution is -2.18. The van der Waals surface area contributed by atoms with Gasteiger partial charge in [0.15, 0.2) is 5.82 Å². The highest BCUT2D eigenvalue weighted by Gasteiger charge is 2.18. The smallest absolute Gasteiger partial charge is 0.274 e. The fraction of sp³-hybridized carbons (Fsp3) is 0.118. The van der Waals surface area contributed by atoms with Crippen LogP contribution in [0.5, 0.6) is 0 Å². The van der Waals surface area contributed by atoms with Crippen molar-refractivity contribution >= 4 is 46.6 Å². The van der Waals surface area contributed by atoms with Crippen molar-refractivity contribution in [3.63, 3.8) is 0 Å². The van der Waals surface area contributed by atoms with Gasteiger partial charge in [-0.05, 0) is 49.1 Å². The summed E-state index contributed by atoms with van der Waals surface area (Å²) in [6.07, 6.45) is 5.06. The highest BCUT2D eigenvalue weighted by Crippen LogP contribution is 2.32. The number of halogens is 2. The van der Waals surface area contributed by atoms with E-state index in [-0.39, 0.29) is 5.91 Å². The first-order chi connectivity index (χ1) is 12.0. The fourth-order valence-corrected chi connectivity index (χ4v) is 3.59. The molecule has 1 aromatic carbocycles. The number of anilines is 1. The third kappa shape index (κ3) is 3.66. The molecule has 0 aliphatic carbocycles. The lowest BCUT2D eigenvalue weighted by atomic mass is 10.2. The van der Waals surface area contributed by atoms with E-state index < -0.39 is 0 Å². The van der Waals surface area contributed by atoms with Crippen LogP contribution in [0.4, 0.5) is 5.69 Å². The highest BCUT2D eigenvalue weighted by molar-refractivity contribution is 7.98. The van der Waals surface area contributed by atoms with Crippen LogP contribution in [0.3, 0.4) is 0 Å². The third-order valence-corrected chi connectivity index (χ3v) is 4.81. The summed E-state index contributed by atoms with van der Waals surface area (Å²) in [4.78, 5) is 17.9. The molecule has 0 aliphatic heterocycles. The number of nitrogens with one attached hydrogen (secondary N) is 1. The molecule has 0 atom stereocenters. The minimum atomic E-state index is -0.306. The van der Waals surface area contributed by atoms with Gasteiger partial charge in [0.05, 0.1) is 16.9 Å². The molecule has 128 valence electrons. The molecule has 0 unspecified atom stereocenters. The molecule has 0 spiro atoms. The second kappa shape index (κ2) is 7.47. The van der Waals surface area contributed by atoms with E-state index in [1.165, 1.54) is 22.6 Å². The Morgan fingerprint density at radius 2 is 2.04 bits per heavy atom. The largest absolute Gasteiger partial charge is 0.319 e. The summed E-state index contributed by atoms with van der Waals surface area (Å²) in [5.74, 6) is 0.0946. The van der Waals surface area contributed by atoms with Crippen LogP contribution >= 0.6 is 35.0 Å². The fourth-order valence-electron chi connectivity index (χ4n) is 2.39. The normalized spacial score (nSPS) is 10.7. The number of amides is 1. The SMILES string of the molecule is CSc1cc(Cl)cc(C)c1NC(=O)c1ccnn1-c1ncccc1Cl. The van der Waals surface area contributed by atoms with Crippen LogP contribution < -0.4 is 5.32 Å². The van der Waals surface area contributed by atoms with Crippen molar-refractivity contribution in [1.29, 1.82) is 0 Å². The number of benzene rings is 1. The van der Waals surface area contributed by atoms with Gasteiger partial charge in [-0.15, -0.1) is 11.8 Å². The van der Waals surface area contributed by atoms with E-state index in [0.717, 1.165) is 16.1 Å². The summed E-state index contributed by atoms with van der Waals surface area (Å²) in [7, 11) is 0. The highest BCUT2D eigenvalue weighted by atomic mass is 35.5. The Kier molecular flexibility index (Phi) is 5.32. The number of pyridine rings is 1. The number of rotatable bonds is 4. The number of aromatic nitrogens is 3. The van der Waals surface area contributed by atoms with E-state index in [0.29, 0.717) is 21.6 Å². The molecule has 2 heterocycles. The zero-order valence-electron chi connectivity index (χ0n) is 13.5. The van der Waals surface area contributed by atoms with Crippen molar-refractivity contribution < 1.29 is 4.79 Å². The molecule has 25 heavy (non-hydrogen) atoms. The van der Waals surface area contributed by atoms with Gasteiger partial charge in [-0.2, -0.15) is 5.10 Å². The van der Waals surface area contributed by atoms with E-state index in [2.05, 4.69) is 15.4 Å². The molecule has 2 aromatic heterocycles. The van der Waals surface area contributed by atoms with Crippen LogP contribution in [0.25, 0.3) is 5.82 Å². The minimum absolute atomic E-state index is 0.306. The zero-order chi connectivity index (χ0) is 18.0. The van der Waals surface area contributed by atoms with Gasteiger partial charge in [-0.25, -0.2) is 9.67 Å². The molecule has 3 aromatic rings. The molecule has 0 saturated heterocycles. The molecular formula is C17H14Cl2N4OS. The third-order valence-electron chi connectivity index (χ3n) is 3.54. The van der Waals surface area contributed by atoms with Gasteiger partial charge in [0.1, 0.15) is 5.69 Å². The summed E-state index contributed by atoms with van der Waals surface area (Å²) in [5.41, 5.74) is 1.94. The van der Waals surface area contributed by atoms with E-state index in [1.54, 1.807) is 24.4 Å². The van der Waals surface area contributed by atoms with Gasteiger partial charge >= 0.3 is 0 Å². The van der Waals surface area contributed by atoms with Gasteiger partial charge in [0, 0.05) is 16.1 Å². The summed E-state index contributed by atoms with van der Waals surface area (Å²) in [6, 6.07) is 8.66. The van der Waals surface area contributed by atoms with Crippen LogP contribution in [0.1, 0.15) is 16.1 Å². The maximum absolute atomic E-state index is 12.8. The lowest BCUT2D eigenvalue weighted by Gasteiger charge is -2.14. The zero-order valence-corrected chi connectivity index (χ0v) is 15.8. The molecule has 0 fully saturated rings. The monoisotopic (exact) mass is 392 g/mol. The number of hydrogen-bond donors (Lipinski definition) is 1. The Labute approximate surface area is 159 Å². The Morgan fingerprint density at radius 1 is 1.24 bits per heavy atom. The van der Waals surface area contributed by atoms with E-state index in [4.69, 9.17) is 23.2 Å². The maximum Gasteiger partial charge on any atom is 0.274 e. The molecule has 0 saturated carbocycles. The van der Waals surface area contributed by atoms with Crippen molar-refractivity contribution in [2.45, 2.75) is 11.8 Å². The maximum atomic E-state index is 12.8. The molecule has 3 rings (SSSR count). The lowest BCUT2D eigenvalue weighted by molar-refractivity contribution is 0.101. The molecule has 0 radical (unpaired) electrons. The Hall–Kier alpha value is -2.02. The first-order valence-electron chi connectivity index (χ1n) is 7.31. The second-order valence-corrected chi connectivity index (χ2v) is 6.88. The average molecular weight is 393 g/mol.